The number of rotatable bonds is 6. The molecule has 1 saturated carbocycles. The van der Waals surface area contributed by atoms with Crippen LogP contribution in [0.5, 0.6) is 5.75 Å². The van der Waals surface area contributed by atoms with Crippen LogP contribution in [0.3, 0.4) is 0 Å². The zero-order valence-electron chi connectivity index (χ0n) is 10.5. The van der Waals surface area contributed by atoms with Crippen LogP contribution in [-0.2, 0) is 10.0 Å². The van der Waals surface area contributed by atoms with Gasteiger partial charge in [-0.3, -0.25) is 0 Å². The van der Waals surface area contributed by atoms with E-state index in [1.807, 2.05) is 0 Å². The molecular formula is C12H16BrNO4S. The van der Waals surface area contributed by atoms with E-state index in [0.29, 0.717) is 29.7 Å². The predicted octanol–water partition coefficient (Wildman–Crippen LogP) is 1.65. The molecule has 1 aliphatic carbocycles. The van der Waals surface area contributed by atoms with Gasteiger partial charge >= 0.3 is 0 Å². The summed E-state index contributed by atoms with van der Waals surface area (Å²) >= 11 is 3.26. The molecule has 5 nitrogen and oxygen atoms in total. The van der Waals surface area contributed by atoms with Crippen molar-refractivity contribution < 1.29 is 18.3 Å². The lowest BCUT2D eigenvalue weighted by atomic mass is 10.3. The highest BCUT2D eigenvalue weighted by atomic mass is 79.9. The fraction of sp³-hybridized carbons (Fsp3) is 0.500. The van der Waals surface area contributed by atoms with Gasteiger partial charge in [-0.15, -0.1) is 0 Å². The van der Waals surface area contributed by atoms with Crippen molar-refractivity contribution in [1.82, 2.24) is 4.72 Å². The minimum atomic E-state index is -3.71. The first-order valence-electron chi connectivity index (χ1n) is 6.00. The average Bonchev–Trinajstić information content (AvgIpc) is 3.11. The second-order valence-corrected chi connectivity index (χ2v) is 7.13. The van der Waals surface area contributed by atoms with Gasteiger partial charge in [-0.2, -0.15) is 0 Å². The monoisotopic (exact) mass is 349 g/mol. The van der Waals surface area contributed by atoms with E-state index in [0.717, 1.165) is 0 Å². The van der Waals surface area contributed by atoms with Crippen molar-refractivity contribution in [2.45, 2.75) is 30.2 Å². The summed E-state index contributed by atoms with van der Waals surface area (Å²) < 4.78 is 33.3. The molecule has 1 aromatic rings. The lowest BCUT2D eigenvalue weighted by molar-refractivity contribution is 0.246. The minimum absolute atomic E-state index is 0.0865. The van der Waals surface area contributed by atoms with Gasteiger partial charge in [0.1, 0.15) is 10.6 Å². The van der Waals surface area contributed by atoms with E-state index >= 15 is 0 Å². The van der Waals surface area contributed by atoms with Crippen LogP contribution in [0.15, 0.2) is 27.6 Å². The second-order valence-electron chi connectivity index (χ2n) is 4.57. The van der Waals surface area contributed by atoms with Crippen molar-refractivity contribution in [1.29, 1.82) is 0 Å². The first-order valence-corrected chi connectivity index (χ1v) is 8.27. The van der Waals surface area contributed by atoms with E-state index in [1.54, 1.807) is 19.1 Å². The van der Waals surface area contributed by atoms with Crippen LogP contribution >= 0.6 is 15.9 Å². The molecule has 2 N–H and O–H groups in total. The van der Waals surface area contributed by atoms with Crippen LogP contribution in [-0.4, -0.2) is 32.3 Å². The van der Waals surface area contributed by atoms with Gasteiger partial charge < -0.3 is 9.84 Å². The molecule has 0 bridgehead atoms. The van der Waals surface area contributed by atoms with E-state index in [1.165, 1.54) is 6.07 Å². The highest BCUT2D eigenvalue weighted by Gasteiger charge is 2.46. The summed E-state index contributed by atoms with van der Waals surface area (Å²) in [6.07, 6.45) is 1.31. The van der Waals surface area contributed by atoms with Crippen molar-refractivity contribution in [2.75, 3.05) is 13.2 Å². The van der Waals surface area contributed by atoms with E-state index in [2.05, 4.69) is 20.7 Å². The lowest BCUT2D eigenvalue weighted by Crippen LogP contribution is -2.39. The van der Waals surface area contributed by atoms with Gasteiger partial charge in [0.2, 0.25) is 10.0 Å². The van der Waals surface area contributed by atoms with Crippen molar-refractivity contribution in [3.63, 3.8) is 0 Å². The Bertz CT molecular complexity index is 569. The van der Waals surface area contributed by atoms with Crippen LogP contribution < -0.4 is 9.46 Å². The number of aliphatic hydroxyl groups excluding tert-OH is 1. The Morgan fingerprint density at radius 3 is 2.68 bits per heavy atom. The van der Waals surface area contributed by atoms with Crippen molar-refractivity contribution in [3.8, 4) is 5.75 Å². The van der Waals surface area contributed by atoms with Gasteiger partial charge in [0.05, 0.1) is 18.8 Å². The molecule has 0 unspecified atom stereocenters. The largest absolute Gasteiger partial charge is 0.492 e. The molecule has 7 heteroatoms. The maximum Gasteiger partial charge on any atom is 0.244 e. The number of ether oxygens (including phenoxy) is 1. The molecular weight excluding hydrogens is 334 g/mol. The van der Waals surface area contributed by atoms with Crippen LogP contribution in [0.2, 0.25) is 0 Å². The summed E-state index contributed by atoms with van der Waals surface area (Å²) in [5.41, 5.74) is -0.690. The maximum atomic E-state index is 12.4. The van der Waals surface area contributed by atoms with Crippen molar-refractivity contribution >= 4 is 26.0 Å². The lowest BCUT2D eigenvalue weighted by Gasteiger charge is -2.17. The van der Waals surface area contributed by atoms with Gasteiger partial charge in [0, 0.05) is 4.47 Å². The number of halogens is 1. The van der Waals surface area contributed by atoms with Crippen LogP contribution in [0, 0.1) is 0 Å². The third kappa shape index (κ3) is 3.28. The number of benzene rings is 1. The standard InChI is InChI=1S/C12H16BrNO4S/c1-2-18-10-4-3-9(13)7-11(10)19(16,17)14-12(8-15)5-6-12/h3-4,7,14-15H,2,5-6,8H2,1H3. The summed E-state index contributed by atoms with van der Waals surface area (Å²) in [5, 5.41) is 9.23. The summed E-state index contributed by atoms with van der Waals surface area (Å²) in [4.78, 5) is 0.0865. The van der Waals surface area contributed by atoms with E-state index < -0.39 is 15.6 Å². The third-order valence-corrected chi connectivity index (χ3v) is 5.10. The van der Waals surface area contributed by atoms with Gasteiger partial charge in [0.25, 0.3) is 0 Å². The second kappa shape index (κ2) is 5.40. The van der Waals surface area contributed by atoms with Gasteiger partial charge in [-0.25, -0.2) is 13.1 Å². The quantitative estimate of drug-likeness (QED) is 0.818. The van der Waals surface area contributed by atoms with Gasteiger partial charge in [-0.05, 0) is 38.0 Å². The molecule has 0 atom stereocenters. The molecule has 0 radical (unpaired) electrons. The maximum absolute atomic E-state index is 12.4. The topological polar surface area (TPSA) is 75.6 Å². The summed E-state index contributed by atoms with van der Waals surface area (Å²) in [6.45, 7) is 1.99. The Hall–Kier alpha value is -0.630. The molecule has 106 valence electrons. The fourth-order valence-electron chi connectivity index (χ4n) is 1.75. The molecule has 19 heavy (non-hydrogen) atoms. The summed E-state index contributed by atoms with van der Waals surface area (Å²) in [5.74, 6) is 0.312. The molecule has 0 amide bonds. The van der Waals surface area contributed by atoms with Gasteiger partial charge in [0.15, 0.2) is 0 Å². The number of aliphatic hydroxyl groups is 1. The molecule has 0 aromatic heterocycles. The molecule has 0 saturated heterocycles. The molecule has 1 aromatic carbocycles. The SMILES string of the molecule is CCOc1ccc(Br)cc1S(=O)(=O)NC1(CO)CC1. The molecule has 0 spiro atoms. The Labute approximate surface area is 121 Å². The summed E-state index contributed by atoms with van der Waals surface area (Å²) in [6, 6.07) is 4.84. The van der Waals surface area contributed by atoms with E-state index in [9.17, 15) is 13.5 Å². The third-order valence-electron chi connectivity index (χ3n) is 3.00. The zero-order chi connectivity index (χ0) is 14.1. The Morgan fingerprint density at radius 2 is 2.16 bits per heavy atom. The fourth-order valence-corrected chi connectivity index (χ4v) is 3.89. The van der Waals surface area contributed by atoms with Crippen LogP contribution in [0.4, 0.5) is 0 Å². The Kier molecular flexibility index (Phi) is 4.20. The first kappa shape index (κ1) is 14.8. The molecule has 1 aliphatic rings. The zero-order valence-corrected chi connectivity index (χ0v) is 12.9. The van der Waals surface area contributed by atoms with Crippen molar-refractivity contribution in [3.05, 3.63) is 22.7 Å². The molecule has 0 heterocycles. The number of hydrogen-bond acceptors (Lipinski definition) is 4. The normalized spacial score (nSPS) is 17.2. The minimum Gasteiger partial charge on any atom is -0.492 e. The Balaban J connectivity index is 2.36. The predicted molar refractivity (Wildman–Crippen MR) is 74.7 cm³/mol. The van der Waals surface area contributed by atoms with Crippen LogP contribution in [0.1, 0.15) is 19.8 Å². The van der Waals surface area contributed by atoms with E-state index in [-0.39, 0.29) is 11.5 Å². The highest BCUT2D eigenvalue weighted by molar-refractivity contribution is 9.10. The smallest absolute Gasteiger partial charge is 0.244 e. The first-order chi connectivity index (χ1) is 8.92. The van der Waals surface area contributed by atoms with Gasteiger partial charge in [-0.1, -0.05) is 15.9 Å². The number of hydrogen-bond donors (Lipinski definition) is 2. The van der Waals surface area contributed by atoms with E-state index in [4.69, 9.17) is 4.74 Å². The van der Waals surface area contributed by atoms with Crippen LogP contribution in [0.25, 0.3) is 0 Å². The van der Waals surface area contributed by atoms with Crippen molar-refractivity contribution in [2.24, 2.45) is 0 Å². The summed E-state index contributed by atoms with van der Waals surface area (Å²) in [7, 11) is -3.71. The Morgan fingerprint density at radius 1 is 1.47 bits per heavy atom. The molecule has 0 aliphatic heterocycles. The number of sulfonamides is 1. The molecule has 1 fully saturated rings. The number of nitrogens with one attached hydrogen (secondary N) is 1. The highest BCUT2D eigenvalue weighted by Crippen LogP contribution is 2.37. The molecule has 2 rings (SSSR count). The average molecular weight is 350 g/mol.